The Hall–Kier alpha value is -0.930. The highest BCUT2D eigenvalue weighted by Gasteiger charge is 2.21. The Labute approximate surface area is 109 Å². The van der Waals surface area contributed by atoms with Gasteiger partial charge in [0.1, 0.15) is 5.82 Å². The van der Waals surface area contributed by atoms with Gasteiger partial charge in [-0.1, -0.05) is 31.5 Å². The Balaban J connectivity index is 2.48. The molecule has 3 heteroatoms. The maximum atomic E-state index is 13.5. The van der Waals surface area contributed by atoms with Gasteiger partial charge in [0.15, 0.2) is 0 Å². The molecule has 102 valence electrons. The summed E-state index contributed by atoms with van der Waals surface area (Å²) in [6, 6.07) is 5.08. The smallest absolute Gasteiger partial charge is 0.127 e. The van der Waals surface area contributed by atoms with E-state index in [9.17, 15) is 9.50 Å². The first-order valence-electron chi connectivity index (χ1n) is 6.48. The van der Waals surface area contributed by atoms with Crippen LogP contribution in [0, 0.1) is 18.7 Å². The highest BCUT2D eigenvalue weighted by atomic mass is 19.1. The van der Waals surface area contributed by atoms with Crippen molar-refractivity contribution in [1.82, 2.24) is 5.32 Å². The minimum absolute atomic E-state index is 0.198. The monoisotopic (exact) mass is 253 g/mol. The lowest BCUT2D eigenvalue weighted by molar-refractivity contribution is 0.0382. The van der Waals surface area contributed by atoms with Crippen molar-refractivity contribution < 1.29 is 9.50 Å². The van der Waals surface area contributed by atoms with Crippen LogP contribution in [0.2, 0.25) is 0 Å². The van der Waals surface area contributed by atoms with E-state index >= 15 is 0 Å². The van der Waals surface area contributed by atoms with Crippen LogP contribution in [0.25, 0.3) is 0 Å². The Bertz CT molecular complexity index is 388. The molecule has 0 aliphatic carbocycles. The van der Waals surface area contributed by atoms with E-state index < -0.39 is 5.60 Å². The van der Waals surface area contributed by atoms with Gasteiger partial charge in [0, 0.05) is 18.7 Å². The SMILES string of the molecule is Cc1ccc(F)c(CNCC(C)(O)CC(C)C)c1. The van der Waals surface area contributed by atoms with Crippen molar-refractivity contribution in [3.8, 4) is 0 Å². The van der Waals surface area contributed by atoms with E-state index in [2.05, 4.69) is 19.2 Å². The van der Waals surface area contributed by atoms with Gasteiger partial charge in [0.25, 0.3) is 0 Å². The largest absolute Gasteiger partial charge is 0.389 e. The third-order valence-corrected chi connectivity index (χ3v) is 2.87. The van der Waals surface area contributed by atoms with Crippen LogP contribution < -0.4 is 5.32 Å². The van der Waals surface area contributed by atoms with Gasteiger partial charge in [0.05, 0.1) is 5.60 Å². The second-order valence-electron chi connectivity index (χ2n) is 5.79. The minimum Gasteiger partial charge on any atom is -0.389 e. The fourth-order valence-electron chi connectivity index (χ4n) is 2.26. The standard InChI is InChI=1S/C15H24FNO/c1-11(2)8-15(4,18)10-17-9-13-7-12(3)5-6-14(13)16/h5-7,11,17-18H,8-10H2,1-4H3. The average Bonchev–Trinajstić information content (AvgIpc) is 2.21. The predicted octanol–water partition coefficient (Wildman–Crippen LogP) is 3.02. The molecule has 0 aliphatic rings. The van der Waals surface area contributed by atoms with Crippen LogP contribution in [-0.4, -0.2) is 17.3 Å². The number of hydrogen-bond acceptors (Lipinski definition) is 2. The van der Waals surface area contributed by atoms with E-state index in [1.165, 1.54) is 6.07 Å². The molecule has 1 rings (SSSR count). The molecule has 0 saturated heterocycles. The van der Waals surface area contributed by atoms with Crippen molar-refractivity contribution in [2.24, 2.45) is 5.92 Å². The first-order chi connectivity index (χ1) is 8.30. The summed E-state index contributed by atoms with van der Waals surface area (Å²) in [6.07, 6.45) is 0.732. The molecule has 1 aromatic rings. The van der Waals surface area contributed by atoms with E-state index in [4.69, 9.17) is 0 Å². The lowest BCUT2D eigenvalue weighted by atomic mass is 9.94. The van der Waals surface area contributed by atoms with E-state index in [1.807, 2.05) is 19.9 Å². The van der Waals surface area contributed by atoms with Crippen molar-refractivity contribution in [3.63, 3.8) is 0 Å². The second-order valence-corrected chi connectivity index (χ2v) is 5.79. The van der Waals surface area contributed by atoms with Gasteiger partial charge in [-0.05, 0) is 32.3 Å². The molecule has 1 unspecified atom stereocenters. The normalized spacial score (nSPS) is 14.8. The zero-order chi connectivity index (χ0) is 13.8. The molecule has 0 aromatic heterocycles. The molecule has 0 amide bonds. The molecule has 1 aromatic carbocycles. The number of aliphatic hydroxyl groups is 1. The van der Waals surface area contributed by atoms with Crippen molar-refractivity contribution in [3.05, 3.63) is 35.1 Å². The molecule has 0 aliphatic heterocycles. The third kappa shape index (κ3) is 5.15. The maximum Gasteiger partial charge on any atom is 0.127 e. The van der Waals surface area contributed by atoms with Gasteiger partial charge in [0.2, 0.25) is 0 Å². The zero-order valence-electron chi connectivity index (χ0n) is 11.8. The molecule has 0 radical (unpaired) electrons. The lowest BCUT2D eigenvalue weighted by Gasteiger charge is -2.25. The summed E-state index contributed by atoms with van der Waals surface area (Å²) < 4.78 is 13.5. The summed E-state index contributed by atoms with van der Waals surface area (Å²) in [5.41, 5.74) is 0.951. The molecule has 18 heavy (non-hydrogen) atoms. The van der Waals surface area contributed by atoms with Gasteiger partial charge in [-0.3, -0.25) is 0 Å². The Morgan fingerprint density at radius 1 is 1.39 bits per heavy atom. The van der Waals surface area contributed by atoms with E-state index in [-0.39, 0.29) is 5.82 Å². The molecule has 0 spiro atoms. The molecule has 0 bridgehead atoms. The molecule has 1 atom stereocenters. The summed E-state index contributed by atoms with van der Waals surface area (Å²) in [5.74, 6) is 0.245. The molecule has 0 saturated carbocycles. The Morgan fingerprint density at radius 3 is 2.67 bits per heavy atom. The molecular formula is C15H24FNO. The highest BCUT2D eigenvalue weighted by Crippen LogP contribution is 2.16. The van der Waals surface area contributed by atoms with Gasteiger partial charge in [-0.25, -0.2) is 4.39 Å². The van der Waals surface area contributed by atoms with Crippen molar-refractivity contribution >= 4 is 0 Å². The number of halogens is 1. The second kappa shape index (κ2) is 6.30. The fourth-order valence-corrected chi connectivity index (χ4v) is 2.26. The highest BCUT2D eigenvalue weighted by molar-refractivity contribution is 5.23. The lowest BCUT2D eigenvalue weighted by Crippen LogP contribution is -2.38. The summed E-state index contributed by atoms with van der Waals surface area (Å²) in [4.78, 5) is 0. The van der Waals surface area contributed by atoms with Gasteiger partial charge >= 0.3 is 0 Å². The zero-order valence-corrected chi connectivity index (χ0v) is 11.8. The van der Waals surface area contributed by atoms with Crippen LogP contribution in [0.3, 0.4) is 0 Å². The van der Waals surface area contributed by atoms with Crippen molar-refractivity contribution in [2.45, 2.75) is 46.3 Å². The van der Waals surface area contributed by atoms with Crippen molar-refractivity contribution in [1.29, 1.82) is 0 Å². The number of aryl methyl sites for hydroxylation is 1. The number of rotatable bonds is 6. The van der Waals surface area contributed by atoms with Gasteiger partial charge in [-0.15, -0.1) is 0 Å². The molecule has 2 N–H and O–H groups in total. The molecular weight excluding hydrogens is 229 g/mol. The molecule has 0 fully saturated rings. The molecule has 2 nitrogen and oxygen atoms in total. The summed E-state index contributed by atoms with van der Waals surface area (Å²) in [5, 5.41) is 13.3. The first kappa shape index (κ1) is 15.1. The number of nitrogens with one attached hydrogen (secondary N) is 1. The van der Waals surface area contributed by atoms with Crippen LogP contribution in [0.5, 0.6) is 0 Å². The van der Waals surface area contributed by atoms with Crippen LogP contribution >= 0.6 is 0 Å². The Kier molecular flexibility index (Phi) is 5.29. The summed E-state index contributed by atoms with van der Waals surface area (Å²) in [7, 11) is 0. The van der Waals surface area contributed by atoms with E-state index in [0.29, 0.717) is 24.6 Å². The van der Waals surface area contributed by atoms with Crippen LogP contribution in [0.1, 0.15) is 38.3 Å². The van der Waals surface area contributed by atoms with E-state index in [1.54, 1.807) is 6.07 Å². The average molecular weight is 253 g/mol. The minimum atomic E-state index is -0.742. The summed E-state index contributed by atoms with van der Waals surface area (Å²) >= 11 is 0. The van der Waals surface area contributed by atoms with E-state index in [0.717, 1.165) is 12.0 Å². The molecule has 0 heterocycles. The van der Waals surface area contributed by atoms with Gasteiger partial charge < -0.3 is 10.4 Å². The topological polar surface area (TPSA) is 32.3 Å². The summed E-state index contributed by atoms with van der Waals surface area (Å²) in [6.45, 7) is 8.83. The number of benzene rings is 1. The first-order valence-corrected chi connectivity index (χ1v) is 6.48. The van der Waals surface area contributed by atoms with Crippen LogP contribution in [0.4, 0.5) is 4.39 Å². The van der Waals surface area contributed by atoms with Crippen LogP contribution in [-0.2, 0) is 6.54 Å². The quantitative estimate of drug-likeness (QED) is 0.817. The van der Waals surface area contributed by atoms with Crippen LogP contribution in [0.15, 0.2) is 18.2 Å². The van der Waals surface area contributed by atoms with Gasteiger partial charge in [-0.2, -0.15) is 0 Å². The fraction of sp³-hybridized carbons (Fsp3) is 0.600. The Morgan fingerprint density at radius 2 is 2.06 bits per heavy atom. The third-order valence-electron chi connectivity index (χ3n) is 2.87. The predicted molar refractivity (Wildman–Crippen MR) is 72.9 cm³/mol. The number of hydrogen-bond donors (Lipinski definition) is 2. The van der Waals surface area contributed by atoms with Crippen molar-refractivity contribution in [2.75, 3.05) is 6.54 Å². The maximum absolute atomic E-state index is 13.5.